The number of aromatic nitrogens is 1. The monoisotopic (exact) mass is 352 g/mol. The van der Waals surface area contributed by atoms with Crippen LogP contribution in [0.4, 0.5) is 5.82 Å². The van der Waals surface area contributed by atoms with Crippen molar-refractivity contribution in [3.63, 3.8) is 0 Å². The molecule has 0 fully saturated rings. The van der Waals surface area contributed by atoms with Gasteiger partial charge in [-0.1, -0.05) is 16.8 Å². The van der Waals surface area contributed by atoms with Gasteiger partial charge in [0, 0.05) is 36.8 Å². The van der Waals surface area contributed by atoms with E-state index in [9.17, 15) is 4.79 Å². The Morgan fingerprint density at radius 2 is 2.12 bits per heavy atom. The number of carbonyl (C=O) groups excluding carboxylic acids is 1. The Hall–Kier alpha value is -2.09. The van der Waals surface area contributed by atoms with Gasteiger partial charge in [0.2, 0.25) is 0 Å². The molecule has 1 atom stereocenters. The van der Waals surface area contributed by atoms with Gasteiger partial charge in [-0.25, -0.2) is 0 Å². The van der Waals surface area contributed by atoms with Crippen molar-refractivity contribution >= 4 is 23.3 Å². The van der Waals surface area contributed by atoms with Gasteiger partial charge in [0.1, 0.15) is 5.56 Å². The highest BCUT2D eigenvalue weighted by molar-refractivity contribution is 6.30. The fourth-order valence-corrected chi connectivity index (χ4v) is 2.16. The molecule has 0 aliphatic heterocycles. The first kappa shape index (κ1) is 18.3. The summed E-state index contributed by atoms with van der Waals surface area (Å²) in [7, 11) is 1.60. The van der Waals surface area contributed by atoms with Crippen molar-refractivity contribution in [3.05, 3.63) is 34.9 Å². The number of hydrogen-bond acceptors (Lipinski definition) is 6. The Morgan fingerprint density at radius 3 is 2.75 bits per heavy atom. The number of ether oxygens (including phenoxy) is 1. The Bertz CT molecular complexity index is 670. The number of benzene rings is 1. The van der Waals surface area contributed by atoms with Crippen molar-refractivity contribution < 1.29 is 14.1 Å². The summed E-state index contributed by atoms with van der Waals surface area (Å²) < 4.78 is 10.4. The van der Waals surface area contributed by atoms with Crippen LogP contribution in [0.25, 0.3) is 11.3 Å². The quantitative estimate of drug-likeness (QED) is 0.629. The third-order valence-corrected chi connectivity index (χ3v) is 3.46. The van der Waals surface area contributed by atoms with E-state index in [1.54, 1.807) is 31.4 Å². The van der Waals surface area contributed by atoms with Crippen LogP contribution in [0.5, 0.6) is 0 Å². The van der Waals surface area contributed by atoms with E-state index >= 15 is 0 Å². The SMILES string of the molecule is COCCNc1noc(-c2ccc(Cl)cc2)c1C(=O)NC[C@H](C)N. The van der Waals surface area contributed by atoms with E-state index in [4.69, 9.17) is 26.6 Å². The number of methoxy groups -OCH3 is 1. The van der Waals surface area contributed by atoms with Crippen LogP contribution < -0.4 is 16.4 Å². The normalized spacial score (nSPS) is 12.0. The fourth-order valence-electron chi connectivity index (χ4n) is 2.03. The van der Waals surface area contributed by atoms with Crippen LogP contribution in [-0.2, 0) is 4.74 Å². The van der Waals surface area contributed by atoms with Crippen molar-refractivity contribution in [2.24, 2.45) is 5.73 Å². The van der Waals surface area contributed by atoms with Crippen LogP contribution in [-0.4, -0.2) is 43.9 Å². The van der Waals surface area contributed by atoms with Crippen molar-refractivity contribution in [2.75, 3.05) is 32.1 Å². The molecule has 1 amide bonds. The van der Waals surface area contributed by atoms with Crippen LogP contribution in [0.15, 0.2) is 28.8 Å². The first-order valence-corrected chi connectivity index (χ1v) is 7.93. The second-order valence-corrected chi connectivity index (χ2v) is 5.79. The van der Waals surface area contributed by atoms with Gasteiger partial charge in [-0.2, -0.15) is 0 Å². The zero-order chi connectivity index (χ0) is 17.5. The molecular weight excluding hydrogens is 332 g/mol. The van der Waals surface area contributed by atoms with E-state index in [2.05, 4.69) is 15.8 Å². The lowest BCUT2D eigenvalue weighted by atomic mass is 10.1. The summed E-state index contributed by atoms with van der Waals surface area (Å²) in [5, 5.41) is 10.4. The van der Waals surface area contributed by atoms with E-state index in [1.807, 2.05) is 6.92 Å². The minimum Gasteiger partial charge on any atom is -0.383 e. The molecule has 0 saturated carbocycles. The molecule has 1 aromatic heterocycles. The third-order valence-electron chi connectivity index (χ3n) is 3.21. The molecule has 1 aromatic carbocycles. The van der Waals surface area contributed by atoms with Crippen LogP contribution in [0, 0.1) is 0 Å². The predicted molar refractivity (Wildman–Crippen MR) is 93.3 cm³/mol. The zero-order valence-corrected chi connectivity index (χ0v) is 14.4. The number of nitrogens with two attached hydrogens (primary N) is 1. The van der Waals surface area contributed by atoms with E-state index in [1.165, 1.54) is 0 Å². The summed E-state index contributed by atoms with van der Waals surface area (Å²) in [6, 6.07) is 6.83. The highest BCUT2D eigenvalue weighted by atomic mass is 35.5. The highest BCUT2D eigenvalue weighted by Crippen LogP contribution is 2.30. The fraction of sp³-hybridized carbons (Fsp3) is 0.375. The van der Waals surface area contributed by atoms with Gasteiger partial charge >= 0.3 is 0 Å². The minimum atomic E-state index is -0.307. The summed E-state index contributed by atoms with van der Waals surface area (Å²) in [5.74, 6) is 0.423. The van der Waals surface area contributed by atoms with E-state index in [0.717, 1.165) is 0 Å². The number of nitrogens with zero attached hydrogens (tertiary/aromatic N) is 1. The first-order valence-electron chi connectivity index (χ1n) is 7.55. The molecule has 8 heteroatoms. The molecule has 0 bridgehead atoms. The zero-order valence-electron chi connectivity index (χ0n) is 13.6. The first-order chi connectivity index (χ1) is 11.5. The maximum absolute atomic E-state index is 12.6. The molecule has 1 heterocycles. The Labute approximate surface area is 145 Å². The molecule has 2 rings (SSSR count). The molecule has 24 heavy (non-hydrogen) atoms. The average Bonchev–Trinajstić information content (AvgIpc) is 2.97. The van der Waals surface area contributed by atoms with Gasteiger partial charge < -0.3 is 25.6 Å². The summed E-state index contributed by atoms with van der Waals surface area (Å²) in [6.45, 7) is 3.13. The number of halogens is 1. The average molecular weight is 353 g/mol. The second kappa shape index (κ2) is 8.68. The number of anilines is 1. The standard InChI is InChI=1S/C16H21ClN4O3/c1-10(18)9-20-16(22)13-14(11-3-5-12(17)6-4-11)24-21-15(13)19-7-8-23-2/h3-6,10H,7-9,18H2,1-2H3,(H,19,21)(H,20,22)/t10-/m0/s1. The van der Waals surface area contributed by atoms with Gasteiger partial charge in [0.05, 0.1) is 6.61 Å². The molecule has 0 radical (unpaired) electrons. The topological polar surface area (TPSA) is 102 Å². The van der Waals surface area contributed by atoms with Crippen molar-refractivity contribution in [1.29, 1.82) is 0 Å². The van der Waals surface area contributed by atoms with Crippen LogP contribution >= 0.6 is 11.6 Å². The lowest BCUT2D eigenvalue weighted by Crippen LogP contribution is -2.35. The smallest absolute Gasteiger partial charge is 0.259 e. The molecule has 0 saturated heterocycles. The molecule has 130 valence electrons. The molecule has 2 aromatic rings. The molecule has 0 aliphatic rings. The Balaban J connectivity index is 2.31. The molecule has 7 nitrogen and oxygen atoms in total. The molecule has 0 aliphatic carbocycles. The summed E-state index contributed by atoms with van der Waals surface area (Å²) in [6.07, 6.45) is 0. The second-order valence-electron chi connectivity index (χ2n) is 5.35. The lowest BCUT2D eigenvalue weighted by molar-refractivity contribution is 0.0952. The summed E-state index contributed by atoms with van der Waals surface area (Å²) >= 11 is 5.91. The van der Waals surface area contributed by atoms with E-state index in [-0.39, 0.29) is 11.9 Å². The van der Waals surface area contributed by atoms with Crippen molar-refractivity contribution in [3.8, 4) is 11.3 Å². The third kappa shape index (κ3) is 4.70. The number of nitrogens with one attached hydrogen (secondary N) is 2. The van der Waals surface area contributed by atoms with Gasteiger partial charge in [-0.15, -0.1) is 0 Å². The van der Waals surface area contributed by atoms with E-state index < -0.39 is 0 Å². The Kier molecular flexibility index (Phi) is 6.60. The molecule has 0 unspecified atom stereocenters. The number of carbonyl (C=O) groups is 1. The number of rotatable bonds is 8. The predicted octanol–water partition coefficient (Wildman–Crippen LogP) is 2.13. The summed E-state index contributed by atoms with van der Waals surface area (Å²) in [4.78, 5) is 12.6. The van der Waals surface area contributed by atoms with Crippen molar-refractivity contribution in [1.82, 2.24) is 10.5 Å². The maximum Gasteiger partial charge on any atom is 0.259 e. The largest absolute Gasteiger partial charge is 0.383 e. The number of amides is 1. The maximum atomic E-state index is 12.6. The van der Waals surface area contributed by atoms with Gasteiger partial charge in [0.15, 0.2) is 11.6 Å². The summed E-state index contributed by atoms with van der Waals surface area (Å²) in [5.41, 5.74) is 6.73. The number of hydrogen-bond donors (Lipinski definition) is 3. The van der Waals surface area contributed by atoms with Crippen LogP contribution in [0.3, 0.4) is 0 Å². The molecule has 0 spiro atoms. The molecular formula is C16H21ClN4O3. The van der Waals surface area contributed by atoms with Crippen molar-refractivity contribution in [2.45, 2.75) is 13.0 Å². The molecule has 4 N–H and O–H groups in total. The van der Waals surface area contributed by atoms with Gasteiger partial charge in [-0.3, -0.25) is 4.79 Å². The van der Waals surface area contributed by atoms with Gasteiger partial charge in [0.25, 0.3) is 5.91 Å². The van der Waals surface area contributed by atoms with Gasteiger partial charge in [-0.05, 0) is 31.2 Å². The van der Waals surface area contributed by atoms with Crippen LogP contribution in [0.2, 0.25) is 5.02 Å². The highest BCUT2D eigenvalue weighted by Gasteiger charge is 2.24. The van der Waals surface area contributed by atoms with E-state index in [0.29, 0.717) is 47.4 Å². The Morgan fingerprint density at radius 1 is 1.42 bits per heavy atom. The lowest BCUT2D eigenvalue weighted by Gasteiger charge is -2.09. The minimum absolute atomic E-state index is 0.155. The van der Waals surface area contributed by atoms with Crippen LogP contribution in [0.1, 0.15) is 17.3 Å².